The molecule has 0 aliphatic heterocycles. The Bertz CT molecular complexity index is 1580. The number of fused-ring (bicyclic) bond motifs is 1. The quantitative estimate of drug-likeness (QED) is 0.265. The Morgan fingerprint density at radius 2 is 1.95 bits per heavy atom. The standard InChI is InChI=1S/C28H26ClN3O5/c1-6-17-20(35-4)13-22(36-5)26(29)25(17)21-11-16-14-30-23(12-18(16)28(34)37-21)32-27-15(3)9-8-10-19(27)31-24(33)7-2/h7-14H,2,6H2,1,3-5H3,(H,30,32)(H,31,33). The third-order valence-electron chi connectivity index (χ3n) is 5.95. The van der Waals surface area contributed by atoms with Crippen LogP contribution in [0.2, 0.25) is 5.02 Å². The highest BCUT2D eigenvalue weighted by atomic mass is 35.5. The zero-order chi connectivity index (χ0) is 26.7. The second kappa shape index (κ2) is 10.8. The van der Waals surface area contributed by atoms with Crippen LogP contribution in [0, 0.1) is 6.92 Å². The van der Waals surface area contributed by atoms with E-state index in [-0.39, 0.29) is 11.7 Å². The maximum absolute atomic E-state index is 13.1. The van der Waals surface area contributed by atoms with Gasteiger partial charge in [0.05, 0.1) is 36.0 Å². The third kappa shape index (κ3) is 5.01. The molecule has 0 aliphatic carbocycles. The number of hydrogen-bond acceptors (Lipinski definition) is 7. The number of hydrogen-bond donors (Lipinski definition) is 2. The van der Waals surface area contributed by atoms with Gasteiger partial charge in [0.25, 0.3) is 0 Å². The van der Waals surface area contributed by atoms with Gasteiger partial charge in [-0.1, -0.05) is 37.2 Å². The molecule has 0 saturated heterocycles. The van der Waals surface area contributed by atoms with Crippen LogP contribution in [0.4, 0.5) is 17.2 Å². The molecule has 9 heteroatoms. The van der Waals surface area contributed by atoms with Gasteiger partial charge >= 0.3 is 5.63 Å². The molecule has 2 aromatic carbocycles. The van der Waals surface area contributed by atoms with Gasteiger partial charge in [0.1, 0.15) is 23.1 Å². The highest BCUT2D eigenvalue weighted by molar-refractivity contribution is 6.35. The lowest BCUT2D eigenvalue weighted by atomic mass is 10.00. The van der Waals surface area contributed by atoms with Gasteiger partial charge in [0.15, 0.2) is 0 Å². The van der Waals surface area contributed by atoms with Gasteiger partial charge in [-0.2, -0.15) is 0 Å². The Morgan fingerprint density at radius 1 is 1.19 bits per heavy atom. The van der Waals surface area contributed by atoms with Gasteiger partial charge in [-0.15, -0.1) is 0 Å². The number of ether oxygens (including phenoxy) is 2. The minimum atomic E-state index is -0.553. The van der Waals surface area contributed by atoms with E-state index in [9.17, 15) is 9.59 Å². The van der Waals surface area contributed by atoms with Crippen molar-refractivity contribution in [3.8, 4) is 22.8 Å². The molecule has 190 valence electrons. The summed E-state index contributed by atoms with van der Waals surface area (Å²) in [5.41, 5.74) is 2.85. The lowest BCUT2D eigenvalue weighted by Crippen LogP contribution is -2.10. The first-order valence-electron chi connectivity index (χ1n) is 11.5. The van der Waals surface area contributed by atoms with E-state index in [1.165, 1.54) is 13.2 Å². The van der Waals surface area contributed by atoms with Crippen LogP contribution in [-0.4, -0.2) is 25.1 Å². The largest absolute Gasteiger partial charge is 0.496 e. The number of amides is 1. The van der Waals surface area contributed by atoms with Gasteiger partial charge in [-0.05, 0) is 43.2 Å². The molecular weight excluding hydrogens is 494 g/mol. The maximum Gasteiger partial charge on any atom is 0.344 e. The van der Waals surface area contributed by atoms with Crippen LogP contribution < -0.4 is 25.7 Å². The number of halogens is 1. The summed E-state index contributed by atoms with van der Waals surface area (Å²) in [6.07, 6.45) is 3.36. The number of aryl methyl sites for hydroxylation is 1. The first-order chi connectivity index (χ1) is 17.8. The summed E-state index contributed by atoms with van der Waals surface area (Å²) in [5.74, 6) is 1.34. The summed E-state index contributed by atoms with van der Waals surface area (Å²) in [4.78, 5) is 29.5. The molecule has 0 saturated carbocycles. The van der Waals surface area contributed by atoms with E-state index < -0.39 is 5.63 Å². The molecule has 4 aromatic rings. The van der Waals surface area contributed by atoms with Crippen molar-refractivity contribution in [2.45, 2.75) is 20.3 Å². The van der Waals surface area contributed by atoms with E-state index in [1.54, 1.807) is 37.6 Å². The number of nitrogens with one attached hydrogen (secondary N) is 2. The van der Waals surface area contributed by atoms with Crippen molar-refractivity contribution in [1.82, 2.24) is 4.98 Å². The van der Waals surface area contributed by atoms with E-state index in [0.29, 0.717) is 56.5 Å². The molecule has 0 radical (unpaired) electrons. The molecule has 1 amide bonds. The number of para-hydroxylation sites is 1. The van der Waals surface area contributed by atoms with Crippen molar-refractivity contribution in [3.63, 3.8) is 0 Å². The Hall–Kier alpha value is -4.30. The first kappa shape index (κ1) is 25.8. The van der Waals surface area contributed by atoms with Gasteiger partial charge in [-0.25, -0.2) is 9.78 Å². The van der Waals surface area contributed by atoms with E-state index in [0.717, 1.165) is 11.1 Å². The molecule has 37 heavy (non-hydrogen) atoms. The number of pyridine rings is 1. The first-order valence-corrected chi connectivity index (χ1v) is 11.9. The fourth-order valence-corrected chi connectivity index (χ4v) is 4.45. The zero-order valence-corrected chi connectivity index (χ0v) is 21.7. The van der Waals surface area contributed by atoms with Crippen LogP contribution in [0.5, 0.6) is 11.5 Å². The topological polar surface area (TPSA) is 103 Å². The summed E-state index contributed by atoms with van der Waals surface area (Å²) >= 11 is 6.65. The van der Waals surface area contributed by atoms with Crippen LogP contribution in [-0.2, 0) is 11.2 Å². The lowest BCUT2D eigenvalue weighted by molar-refractivity contribution is -0.111. The van der Waals surface area contributed by atoms with Crippen molar-refractivity contribution in [2.24, 2.45) is 0 Å². The van der Waals surface area contributed by atoms with Gasteiger partial charge in [0, 0.05) is 28.8 Å². The van der Waals surface area contributed by atoms with Crippen LogP contribution in [0.25, 0.3) is 22.1 Å². The normalized spacial score (nSPS) is 10.7. The number of carbonyl (C=O) groups is 1. The van der Waals surface area contributed by atoms with Crippen molar-refractivity contribution in [1.29, 1.82) is 0 Å². The number of rotatable bonds is 8. The molecule has 2 N–H and O–H groups in total. The minimum absolute atomic E-state index is 0.285. The Kier molecular flexibility index (Phi) is 7.50. The third-order valence-corrected chi connectivity index (χ3v) is 6.33. The molecule has 0 atom stereocenters. The predicted molar refractivity (Wildman–Crippen MR) is 146 cm³/mol. The van der Waals surface area contributed by atoms with Crippen LogP contribution >= 0.6 is 11.6 Å². The van der Waals surface area contributed by atoms with E-state index in [4.69, 9.17) is 25.5 Å². The molecular formula is C28H26ClN3O5. The number of benzene rings is 2. The smallest absolute Gasteiger partial charge is 0.344 e. The number of anilines is 3. The van der Waals surface area contributed by atoms with Gasteiger partial charge in [0.2, 0.25) is 5.91 Å². The fourth-order valence-electron chi connectivity index (χ4n) is 4.11. The molecule has 8 nitrogen and oxygen atoms in total. The van der Waals surface area contributed by atoms with Gasteiger partial charge < -0.3 is 24.5 Å². The predicted octanol–water partition coefficient (Wildman–Crippen LogP) is 6.26. The van der Waals surface area contributed by atoms with Crippen molar-refractivity contribution in [2.75, 3.05) is 24.9 Å². The number of nitrogens with zero attached hydrogens (tertiary/aromatic N) is 1. The second-order valence-electron chi connectivity index (χ2n) is 8.17. The molecule has 0 aliphatic rings. The molecule has 4 rings (SSSR count). The van der Waals surface area contributed by atoms with Crippen molar-refractivity contribution >= 4 is 45.5 Å². The van der Waals surface area contributed by atoms with Crippen LogP contribution in [0.3, 0.4) is 0 Å². The number of aromatic nitrogens is 1. The summed E-state index contributed by atoms with van der Waals surface area (Å²) in [5, 5.41) is 7.19. The molecule has 2 aromatic heterocycles. The number of carbonyl (C=O) groups excluding carboxylic acids is 1. The van der Waals surface area contributed by atoms with Crippen molar-refractivity contribution < 1.29 is 18.7 Å². The van der Waals surface area contributed by atoms with Crippen LogP contribution in [0.1, 0.15) is 18.1 Å². The highest BCUT2D eigenvalue weighted by Crippen LogP contribution is 2.43. The lowest BCUT2D eigenvalue weighted by Gasteiger charge is -2.17. The Labute approximate surface area is 218 Å². The average molecular weight is 520 g/mol. The summed E-state index contributed by atoms with van der Waals surface area (Å²) in [6.45, 7) is 7.34. The monoisotopic (exact) mass is 519 g/mol. The maximum atomic E-state index is 13.1. The highest BCUT2D eigenvalue weighted by Gasteiger charge is 2.22. The minimum Gasteiger partial charge on any atom is -0.496 e. The molecule has 0 bridgehead atoms. The molecule has 0 unspecified atom stereocenters. The molecule has 2 heterocycles. The van der Waals surface area contributed by atoms with E-state index in [2.05, 4.69) is 22.2 Å². The summed E-state index contributed by atoms with van der Waals surface area (Å²) < 4.78 is 16.7. The summed E-state index contributed by atoms with van der Waals surface area (Å²) in [7, 11) is 3.07. The number of methoxy groups -OCH3 is 2. The molecule has 0 fully saturated rings. The Balaban J connectivity index is 1.80. The second-order valence-corrected chi connectivity index (χ2v) is 8.55. The van der Waals surface area contributed by atoms with Gasteiger partial charge in [-0.3, -0.25) is 4.79 Å². The zero-order valence-electron chi connectivity index (χ0n) is 20.9. The average Bonchev–Trinajstić information content (AvgIpc) is 2.90. The van der Waals surface area contributed by atoms with E-state index in [1.807, 2.05) is 26.0 Å². The van der Waals surface area contributed by atoms with E-state index >= 15 is 0 Å². The molecule has 0 spiro atoms. The SMILES string of the molecule is C=CC(=O)Nc1cccc(C)c1Nc1cc2c(=O)oc(-c3c(Cl)c(OC)cc(OC)c3CC)cc2cn1. The summed E-state index contributed by atoms with van der Waals surface area (Å²) in [6, 6.07) is 10.5. The fraction of sp³-hybridized carbons (Fsp3) is 0.179. The Morgan fingerprint density at radius 3 is 2.62 bits per heavy atom. The van der Waals surface area contributed by atoms with Crippen molar-refractivity contribution in [3.05, 3.63) is 81.8 Å². The van der Waals surface area contributed by atoms with Crippen LogP contribution in [0.15, 0.2) is 64.5 Å².